The van der Waals surface area contributed by atoms with Crippen molar-refractivity contribution in [2.75, 3.05) is 7.11 Å². The van der Waals surface area contributed by atoms with Gasteiger partial charge in [-0.25, -0.2) is 0 Å². The van der Waals surface area contributed by atoms with Gasteiger partial charge in [0.2, 0.25) is 11.6 Å². The van der Waals surface area contributed by atoms with Crippen molar-refractivity contribution in [3.05, 3.63) is 28.5 Å². The first-order valence-corrected chi connectivity index (χ1v) is 5.12. The second-order valence-electron chi connectivity index (χ2n) is 2.91. The van der Waals surface area contributed by atoms with E-state index in [9.17, 15) is 4.79 Å². The predicted molar refractivity (Wildman–Crippen MR) is 55.3 cm³/mol. The van der Waals surface area contributed by atoms with E-state index in [2.05, 4.69) is 10.2 Å². The van der Waals surface area contributed by atoms with E-state index in [1.165, 1.54) is 24.8 Å². The summed E-state index contributed by atoms with van der Waals surface area (Å²) in [6, 6.07) is 1.76. The van der Waals surface area contributed by atoms with E-state index in [1.54, 1.807) is 17.7 Å². The highest BCUT2D eigenvalue weighted by Crippen LogP contribution is 2.26. The molecule has 2 rings (SSSR count). The van der Waals surface area contributed by atoms with Crippen LogP contribution in [0.25, 0.3) is 0 Å². The molecule has 0 aliphatic carbocycles. The van der Waals surface area contributed by atoms with Crippen LogP contribution in [0.15, 0.2) is 17.8 Å². The number of methoxy groups -OCH3 is 1. The summed E-state index contributed by atoms with van der Waals surface area (Å²) < 4.78 is 6.66. The monoisotopic (exact) mass is 223 g/mol. The fourth-order valence-electron chi connectivity index (χ4n) is 1.21. The number of aromatic nitrogens is 3. The highest BCUT2D eigenvalue weighted by molar-refractivity contribution is 7.12. The third-order valence-electron chi connectivity index (χ3n) is 1.97. The number of ketones is 1. The molecule has 0 saturated heterocycles. The van der Waals surface area contributed by atoms with Crippen molar-refractivity contribution in [3.63, 3.8) is 0 Å². The van der Waals surface area contributed by atoms with E-state index in [0.717, 1.165) is 0 Å². The van der Waals surface area contributed by atoms with Crippen LogP contribution in [-0.2, 0) is 7.05 Å². The molecule has 5 nitrogen and oxygen atoms in total. The van der Waals surface area contributed by atoms with Gasteiger partial charge in [-0.15, -0.1) is 21.5 Å². The smallest absolute Gasteiger partial charge is 0.244 e. The minimum atomic E-state index is -0.165. The van der Waals surface area contributed by atoms with Gasteiger partial charge in [0.25, 0.3) is 0 Å². The van der Waals surface area contributed by atoms with E-state index in [-0.39, 0.29) is 5.78 Å². The summed E-state index contributed by atoms with van der Waals surface area (Å²) in [5.41, 5.74) is 0. The second kappa shape index (κ2) is 3.82. The zero-order valence-corrected chi connectivity index (χ0v) is 9.11. The average molecular weight is 223 g/mol. The van der Waals surface area contributed by atoms with Crippen LogP contribution in [0.3, 0.4) is 0 Å². The summed E-state index contributed by atoms with van der Waals surface area (Å²) in [5.74, 6) is 0.727. The summed E-state index contributed by atoms with van der Waals surface area (Å²) in [6.07, 6.45) is 1.49. The van der Waals surface area contributed by atoms with Crippen LogP contribution in [0.1, 0.15) is 15.5 Å². The van der Waals surface area contributed by atoms with Crippen molar-refractivity contribution in [3.8, 4) is 5.75 Å². The Kier molecular flexibility index (Phi) is 2.51. The van der Waals surface area contributed by atoms with Crippen LogP contribution >= 0.6 is 11.3 Å². The maximum absolute atomic E-state index is 12.0. The number of hydrogen-bond donors (Lipinski definition) is 0. The summed E-state index contributed by atoms with van der Waals surface area (Å²) in [4.78, 5) is 12.5. The zero-order chi connectivity index (χ0) is 10.8. The first-order valence-electron chi connectivity index (χ1n) is 4.24. The molecule has 0 spiro atoms. The molecule has 0 bridgehead atoms. The maximum atomic E-state index is 12.0. The lowest BCUT2D eigenvalue weighted by molar-refractivity contribution is 0.102. The van der Waals surface area contributed by atoms with E-state index in [1.807, 2.05) is 5.38 Å². The fourth-order valence-corrected chi connectivity index (χ4v) is 2.01. The summed E-state index contributed by atoms with van der Waals surface area (Å²) >= 11 is 1.33. The minimum Gasteiger partial charge on any atom is -0.495 e. The third-order valence-corrected chi connectivity index (χ3v) is 2.86. The Morgan fingerprint density at radius 1 is 1.60 bits per heavy atom. The fraction of sp³-hybridized carbons (Fsp3) is 0.222. The quantitative estimate of drug-likeness (QED) is 0.731. The summed E-state index contributed by atoms with van der Waals surface area (Å²) in [6.45, 7) is 0. The number of thiophene rings is 1. The molecule has 0 saturated carbocycles. The average Bonchev–Trinajstić information content (AvgIpc) is 2.84. The minimum absolute atomic E-state index is 0.165. The normalized spacial score (nSPS) is 10.3. The van der Waals surface area contributed by atoms with Gasteiger partial charge in [0.1, 0.15) is 17.0 Å². The van der Waals surface area contributed by atoms with Crippen LogP contribution in [0.4, 0.5) is 0 Å². The molecule has 0 aromatic carbocycles. The van der Waals surface area contributed by atoms with E-state index >= 15 is 0 Å². The number of carbonyl (C=O) groups excluding carboxylic acids is 1. The largest absolute Gasteiger partial charge is 0.495 e. The summed E-state index contributed by atoms with van der Waals surface area (Å²) in [7, 11) is 3.27. The molecule has 2 aromatic heterocycles. The van der Waals surface area contributed by atoms with E-state index in [0.29, 0.717) is 16.5 Å². The van der Waals surface area contributed by atoms with Gasteiger partial charge < -0.3 is 9.30 Å². The Balaban J connectivity index is 2.41. The van der Waals surface area contributed by atoms with Crippen LogP contribution in [-0.4, -0.2) is 27.7 Å². The Morgan fingerprint density at radius 3 is 3.00 bits per heavy atom. The molecule has 15 heavy (non-hydrogen) atoms. The van der Waals surface area contributed by atoms with Gasteiger partial charge >= 0.3 is 0 Å². The van der Waals surface area contributed by atoms with Gasteiger partial charge in [0.15, 0.2) is 0 Å². The molecule has 2 heterocycles. The Bertz CT molecular complexity index is 489. The van der Waals surface area contributed by atoms with Gasteiger partial charge in [0.05, 0.1) is 7.11 Å². The second-order valence-corrected chi connectivity index (χ2v) is 3.83. The molecule has 0 amide bonds. The lowest BCUT2D eigenvalue weighted by Crippen LogP contribution is -2.08. The molecule has 0 aliphatic heterocycles. The Labute approximate surface area is 90.3 Å². The van der Waals surface area contributed by atoms with Crippen LogP contribution in [0, 0.1) is 0 Å². The number of ether oxygens (including phenoxy) is 1. The molecular weight excluding hydrogens is 214 g/mol. The SMILES string of the molecule is COc1ccsc1C(=O)c1nncn1C. The first kappa shape index (κ1) is 9.85. The molecule has 0 atom stereocenters. The number of carbonyl (C=O) groups is 1. The maximum Gasteiger partial charge on any atom is 0.244 e. The van der Waals surface area contributed by atoms with Gasteiger partial charge in [0, 0.05) is 7.05 Å². The number of rotatable bonds is 3. The van der Waals surface area contributed by atoms with Crippen molar-refractivity contribution >= 4 is 17.1 Å². The number of hydrogen-bond acceptors (Lipinski definition) is 5. The molecule has 2 aromatic rings. The van der Waals surface area contributed by atoms with Crippen molar-refractivity contribution in [2.45, 2.75) is 0 Å². The molecular formula is C9H9N3O2S. The van der Waals surface area contributed by atoms with Gasteiger partial charge in [-0.3, -0.25) is 4.79 Å². The Hall–Kier alpha value is -1.69. The molecule has 0 N–H and O–H groups in total. The van der Waals surface area contributed by atoms with E-state index in [4.69, 9.17) is 4.74 Å². The highest BCUT2D eigenvalue weighted by atomic mass is 32.1. The van der Waals surface area contributed by atoms with E-state index < -0.39 is 0 Å². The molecule has 0 unspecified atom stereocenters. The third kappa shape index (κ3) is 1.63. The van der Waals surface area contributed by atoms with Crippen LogP contribution in [0.2, 0.25) is 0 Å². The standard InChI is InChI=1S/C9H9N3O2S/c1-12-5-10-11-9(12)7(13)8-6(14-2)3-4-15-8/h3-5H,1-2H3. The van der Waals surface area contributed by atoms with Crippen molar-refractivity contribution in [1.29, 1.82) is 0 Å². The zero-order valence-electron chi connectivity index (χ0n) is 8.30. The summed E-state index contributed by atoms with van der Waals surface area (Å²) in [5, 5.41) is 9.23. The Morgan fingerprint density at radius 2 is 2.40 bits per heavy atom. The van der Waals surface area contributed by atoms with Crippen molar-refractivity contribution in [2.24, 2.45) is 7.05 Å². The lowest BCUT2D eigenvalue weighted by atomic mass is 10.3. The molecule has 6 heteroatoms. The first-order chi connectivity index (χ1) is 7.24. The number of nitrogens with zero attached hydrogens (tertiary/aromatic N) is 3. The van der Waals surface area contributed by atoms with Crippen molar-refractivity contribution in [1.82, 2.24) is 14.8 Å². The van der Waals surface area contributed by atoms with Gasteiger partial charge in [-0.1, -0.05) is 0 Å². The molecule has 0 radical (unpaired) electrons. The predicted octanol–water partition coefficient (Wildman–Crippen LogP) is 1.12. The van der Waals surface area contributed by atoms with Crippen molar-refractivity contribution < 1.29 is 9.53 Å². The van der Waals surface area contributed by atoms with Crippen LogP contribution < -0.4 is 4.74 Å². The topological polar surface area (TPSA) is 57.0 Å². The lowest BCUT2D eigenvalue weighted by Gasteiger charge is -2.00. The highest BCUT2D eigenvalue weighted by Gasteiger charge is 2.19. The van der Waals surface area contributed by atoms with Gasteiger partial charge in [-0.05, 0) is 11.4 Å². The number of aryl methyl sites for hydroxylation is 1. The molecule has 78 valence electrons. The van der Waals surface area contributed by atoms with Crippen LogP contribution in [0.5, 0.6) is 5.75 Å². The molecule has 0 aliphatic rings. The molecule has 0 fully saturated rings. The van der Waals surface area contributed by atoms with Gasteiger partial charge in [-0.2, -0.15) is 0 Å².